The van der Waals surface area contributed by atoms with Gasteiger partial charge in [0, 0.05) is 19.8 Å². The van der Waals surface area contributed by atoms with Gasteiger partial charge >= 0.3 is 5.97 Å². The third-order valence-corrected chi connectivity index (χ3v) is 5.80. The summed E-state index contributed by atoms with van der Waals surface area (Å²) in [6.45, 7) is 3.98. The number of hydrogen-bond acceptors (Lipinski definition) is 7. The average molecular weight is 445 g/mol. The minimum absolute atomic E-state index is 0.235. The Morgan fingerprint density at radius 3 is 3.03 bits per heavy atom. The molecule has 3 aromatic heterocycles. The highest BCUT2D eigenvalue weighted by Gasteiger charge is 2.36. The molecule has 2 atom stereocenters. The van der Waals surface area contributed by atoms with Crippen molar-refractivity contribution in [2.24, 2.45) is 0 Å². The normalized spacial score (nSPS) is 18.4. The van der Waals surface area contributed by atoms with Gasteiger partial charge in [-0.3, -0.25) is 9.36 Å². The molecule has 0 spiro atoms. The lowest BCUT2D eigenvalue weighted by atomic mass is 10.2. The van der Waals surface area contributed by atoms with E-state index in [4.69, 9.17) is 26.1 Å². The maximum Gasteiger partial charge on any atom is 0.303 e. The first-order chi connectivity index (χ1) is 14.6. The molecule has 1 aliphatic rings. The summed E-state index contributed by atoms with van der Waals surface area (Å²) in [4.78, 5) is 26.2. The number of carbonyl (C=O) groups is 1. The van der Waals surface area contributed by atoms with Crippen molar-refractivity contribution in [2.45, 2.75) is 51.9 Å². The Hall–Kier alpha value is -2.47. The molecule has 0 aromatic carbocycles. The SMILES string of the molecule is CCCCC#Cc1nc(Cl)c2nc(-c3cccs3)n([C@@H]3OCC[C@H]3OC(C)=O)c2n1. The second-order valence-electron chi connectivity index (χ2n) is 6.90. The predicted octanol–water partition coefficient (Wildman–Crippen LogP) is 4.60. The van der Waals surface area contributed by atoms with E-state index in [0.29, 0.717) is 35.8 Å². The molecule has 1 saturated heterocycles. The van der Waals surface area contributed by atoms with Crippen molar-refractivity contribution in [3.05, 3.63) is 28.5 Å². The van der Waals surface area contributed by atoms with Crippen molar-refractivity contribution >= 4 is 40.1 Å². The standard InChI is InChI=1S/C21H21ClN4O3S/c1-3-4-5-6-9-16-23-18(22)17-20(24-16)26(19(25-17)15-8-7-12-30-15)21-14(10-11-28-21)29-13(2)27/h7-8,12,14,21H,3-5,10-11H2,1-2H3/t14-,21-/m1/s1. The van der Waals surface area contributed by atoms with Crippen molar-refractivity contribution in [1.29, 1.82) is 0 Å². The third kappa shape index (κ3) is 4.19. The quantitative estimate of drug-likeness (QED) is 0.247. The van der Waals surface area contributed by atoms with Gasteiger partial charge in [0.1, 0.15) is 11.6 Å². The van der Waals surface area contributed by atoms with Crippen molar-refractivity contribution in [3.63, 3.8) is 0 Å². The molecule has 0 saturated carbocycles. The number of nitrogens with zero attached hydrogens (tertiary/aromatic N) is 4. The zero-order valence-corrected chi connectivity index (χ0v) is 18.3. The van der Waals surface area contributed by atoms with Gasteiger partial charge in [-0.25, -0.2) is 15.0 Å². The van der Waals surface area contributed by atoms with E-state index in [2.05, 4.69) is 28.7 Å². The monoisotopic (exact) mass is 444 g/mol. The summed E-state index contributed by atoms with van der Waals surface area (Å²) in [6.07, 6.45) is 2.46. The molecule has 3 aromatic rings. The third-order valence-electron chi connectivity index (χ3n) is 4.68. The average Bonchev–Trinajstić information content (AvgIpc) is 3.44. The van der Waals surface area contributed by atoms with Gasteiger partial charge in [-0.15, -0.1) is 11.3 Å². The number of fused-ring (bicyclic) bond motifs is 1. The molecule has 0 aliphatic carbocycles. The number of carbonyl (C=O) groups excluding carboxylic acids is 1. The molecule has 0 N–H and O–H groups in total. The second-order valence-corrected chi connectivity index (χ2v) is 8.20. The van der Waals surface area contributed by atoms with Crippen molar-refractivity contribution < 1.29 is 14.3 Å². The zero-order chi connectivity index (χ0) is 21.1. The largest absolute Gasteiger partial charge is 0.458 e. The molecule has 0 amide bonds. The Labute approximate surface area is 183 Å². The van der Waals surface area contributed by atoms with Crippen LogP contribution in [0, 0.1) is 11.8 Å². The summed E-state index contributed by atoms with van der Waals surface area (Å²) in [5, 5.41) is 2.20. The van der Waals surface area contributed by atoms with Crippen molar-refractivity contribution in [2.75, 3.05) is 6.61 Å². The molecule has 0 bridgehead atoms. The fourth-order valence-corrected chi connectivity index (χ4v) is 4.27. The van der Waals surface area contributed by atoms with E-state index in [0.717, 1.165) is 24.1 Å². The Morgan fingerprint density at radius 1 is 1.43 bits per heavy atom. The highest BCUT2D eigenvalue weighted by molar-refractivity contribution is 7.13. The number of imidazole rings is 1. The summed E-state index contributed by atoms with van der Waals surface area (Å²) >= 11 is 8.00. The molecule has 156 valence electrons. The maximum atomic E-state index is 11.6. The summed E-state index contributed by atoms with van der Waals surface area (Å²) in [5.41, 5.74) is 0.985. The highest BCUT2D eigenvalue weighted by Crippen LogP contribution is 2.37. The smallest absolute Gasteiger partial charge is 0.303 e. The van der Waals surface area contributed by atoms with E-state index in [9.17, 15) is 4.79 Å². The first kappa shape index (κ1) is 20.8. The fraction of sp³-hybridized carbons (Fsp3) is 0.429. The molecule has 4 rings (SSSR count). The van der Waals surface area contributed by atoms with Crippen LogP contribution in [0.2, 0.25) is 5.15 Å². The van der Waals surface area contributed by atoms with E-state index in [-0.39, 0.29) is 11.1 Å². The van der Waals surface area contributed by atoms with Crippen LogP contribution in [0.5, 0.6) is 0 Å². The van der Waals surface area contributed by atoms with Gasteiger partial charge in [0.15, 0.2) is 22.9 Å². The van der Waals surface area contributed by atoms with E-state index in [1.807, 2.05) is 22.1 Å². The van der Waals surface area contributed by atoms with Crippen LogP contribution < -0.4 is 0 Å². The molecule has 9 heteroatoms. The van der Waals surface area contributed by atoms with E-state index < -0.39 is 12.3 Å². The molecule has 1 aliphatic heterocycles. The number of halogens is 1. The van der Waals surface area contributed by atoms with Crippen LogP contribution in [-0.2, 0) is 14.3 Å². The summed E-state index contributed by atoms with van der Waals surface area (Å²) < 4.78 is 13.3. The van der Waals surface area contributed by atoms with Gasteiger partial charge in [0.2, 0.25) is 5.82 Å². The van der Waals surface area contributed by atoms with Gasteiger partial charge in [-0.2, -0.15) is 0 Å². The molecule has 0 unspecified atom stereocenters. The Balaban J connectivity index is 1.86. The number of unbranched alkanes of at least 4 members (excludes halogenated alkanes) is 2. The lowest BCUT2D eigenvalue weighted by molar-refractivity contribution is -0.151. The molecule has 4 heterocycles. The minimum atomic E-state index is -0.553. The lowest BCUT2D eigenvalue weighted by Gasteiger charge is -2.21. The Kier molecular flexibility index (Phi) is 6.32. The number of thiophene rings is 1. The van der Waals surface area contributed by atoms with Gasteiger partial charge in [-0.1, -0.05) is 36.9 Å². The zero-order valence-electron chi connectivity index (χ0n) is 16.7. The number of esters is 1. The summed E-state index contributed by atoms with van der Waals surface area (Å²) in [6, 6.07) is 3.91. The Bertz CT molecular complexity index is 1120. The van der Waals surface area contributed by atoms with Gasteiger partial charge in [0.05, 0.1) is 11.5 Å². The minimum Gasteiger partial charge on any atom is -0.458 e. The number of ether oxygens (including phenoxy) is 2. The van der Waals surface area contributed by atoms with Crippen LogP contribution in [0.1, 0.15) is 51.6 Å². The van der Waals surface area contributed by atoms with Crippen LogP contribution >= 0.6 is 22.9 Å². The summed E-state index contributed by atoms with van der Waals surface area (Å²) in [5.74, 6) is 6.72. The van der Waals surface area contributed by atoms with Crippen LogP contribution in [0.15, 0.2) is 17.5 Å². The molecular formula is C21H21ClN4O3S. The molecule has 0 radical (unpaired) electrons. The fourth-order valence-electron chi connectivity index (χ4n) is 3.35. The molecule has 30 heavy (non-hydrogen) atoms. The van der Waals surface area contributed by atoms with Crippen molar-refractivity contribution in [1.82, 2.24) is 19.5 Å². The van der Waals surface area contributed by atoms with E-state index in [1.54, 1.807) is 11.3 Å². The first-order valence-corrected chi connectivity index (χ1v) is 11.1. The second kappa shape index (κ2) is 9.13. The van der Waals surface area contributed by atoms with Crippen LogP contribution in [-0.4, -0.2) is 38.2 Å². The van der Waals surface area contributed by atoms with Gasteiger partial charge in [0.25, 0.3) is 0 Å². The van der Waals surface area contributed by atoms with E-state index in [1.165, 1.54) is 6.92 Å². The van der Waals surface area contributed by atoms with Gasteiger partial charge < -0.3 is 9.47 Å². The maximum absolute atomic E-state index is 11.6. The molecular weight excluding hydrogens is 424 g/mol. The number of aromatic nitrogens is 4. The number of hydrogen-bond donors (Lipinski definition) is 0. The topological polar surface area (TPSA) is 79.1 Å². The molecule has 7 nitrogen and oxygen atoms in total. The highest BCUT2D eigenvalue weighted by atomic mass is 35.5. The van der Waals surface area contributed by atoms with E-state index >= 15 is 0 Å². The van der Waals surface area contributed by atoms with Crippen LogP contribution in [0.4, 0.5) is 0 Å². The van der Waals surface area contributed by atoms with Crippen LogP contribution in [0.3, 0.4) is 0 Å². The Morgan fingerprint density at radius 2 is 2.30 bits per heavy atom. The predicted molar refractivity (Wildman–Crippen MR) is 115 cm³/mol. The van der Waals surface area contributed by atoms with Crippen molar-refractivity contribution in [3.8, 4) is 22.5 Å². The van der Waals surface area contributed by atoms with Crippen LogP contribution in [0.25, 0.3) is 21.9 Å². The first-order valence-electron chi connectivity index (χ1n) is 9.85. The number of rotatable bonds is 5. The molecule has 1 fully saturated rings. The van der Waals surface area contributed by atoms with Gasteiger partial charge in [-0.05, 0) is 23.8 Å². The lowest BCUT2D eigenvalue weighted by Crippen LogP contribution is -2.25. The summed E-state index contributed by atoms with van der Waals surface area (Å²) in [7, 11) is 0.